The van der Waals surface area contributed by atoms with E-state index in [-0.39, 0.29) is 0 Å². The van der Waals surface area contributed by atoms with Crippen LogP contribution in [-0.4, -0.2) is 62.6 Å². The summed E-state index contributed by atoms with van der Waals surface area (Å²) in [6.45, 7) is 4.92. The highest BCUT2D eigenvalue weighted by Crippen LogP contribution is 2.21. The molecule has 1 aliphatic heterocycles. The molecule has 2 aromatic carbocycles. The van der Waals surface area contributed by atoms with Crippen molar-refractivity contribution in [3.63, 3.8) is 0 Å². The number of rotatable bonds is 9. The number of nitrogens with one attached hydrogen (secondary N) is 1. The van der Waals surface area contributed by atoms with E-state index in [1.807, 2.05) is 30.3 Å². The summed E-state index contributed by atoms with van der Waals surface area (Å²) < 4.78 is 11.2. The molecule has 0 amide bonds. The second kappa shape index (κ2) is 10.3. The SMILES string of the molecule is COc1ccc(CCc2ccccc2OC[C@H](O)CN2CCNCC2)cc1. The largest absolute Gasteiger partial charge is 0.497 e. The highest BCUT2D eigenvalue weighted by atomic mass is 16.5. The number of aryl methyl sites for hydroxylation is 2. The normalized spacial score (nSPS) is 16.1. The van der Waals surface area contributed by atoms with Gasteiger partial charge < -0.3 is 19.9 Å². The Hall–Kier alpha value is -2.08. The van der Waals surface area contributed by atoms with Crippen molar-refractivity contribution in [2.24, 2.45) is 0 Å². The quantitative estimate of drug-likeness (QED) is 0.708. The third-order valence-corrected chi connectivity index (χ3v) is 4.92. The first-order chi connectivity index (χ1) is 13.2. The second-order valence-corrected chi connectivity index (χ2v) is 6.97. The lowest BCUT2D eigenvalue weighted by molar-refractivity contribution is 0.0638. The second-order valence-electron chi connectivity index (χ2n) is 6.97. The van der Waals surface area contributed by atoms with Crippen LogP contribution in [0.2, 0.25) is 0 Å². The van der Waals surface area contributed by atoms with E-state index in [1.54, 1.807) is 7.11 Å². The monoisotopic (exact) mass is 370 g/mol. The first-order valence-electron chi connectivity index (χ1n) is 9.69. The zero-order valence-electron chi connectivity index (χ0n) is 16.1. The van der Waals surface area contributed by atoms with Crippen LogP contribution in [0.25, 0.3) is 0 Å². The third kappa shape index (κ3) is 6.24. The van der Waals surface area contributed by atoms with Gasteiger partial charge in [-0.15, -0.1) is 0 Å². The number of piperazine rings is 1. The number of benzene rings is 2. The van der Waals surface area contributed by atoms with E-state index in [1.165, 1.54) is 11.1 Å². The Kier molecular flexibility index (Phi) is 7.51. The molecule has 5 heteroatoms. The molecule has 0 radical (unpaired) electrons. The smallest absolute Gasteiger partial charge is 0.122 e. The topological polar surface area (TPSA) is 54.0 Å². The van der Waals surface area contributed by atoms with E-state index >= 15 is 0 Å². The maximum absolute atomic E-state index is 10.3. The van der Waals surface area contributed by atoms with E-state index in [0.29, 0.717) is 13.2 Å². The first kappa shape index (κ1) is 19.7. The van der Waals surface area contributed by atoms with Gasteiger partial charge in [0, 0.05) is 32.7 Å². The van der Waals surface area contributed by atoms with E-state index in [9.17, 15) is 5.11 Å². The highest BCUT2D eigenvalue weighted by Gasteiger charge is 2.15. The fourth-order valence-electron chi connectivity index (χ4n) is 3.35. The molecule has 146 valence electrons. The standard InChI is InChI=1S/C22H30N2O3/c1-26-21-10-7-18(8-11-21)6-9-19-4-2-3-5-22(19)27-17-20(25)16-24-14-12-23-13-15-24/h2-5,7-8,10-11,20,23,25H,6,9,12-17H2,1H3/t20-/m1/s1. The molecule has 0 bridgehead atoms. The Labute approximate surface area is 161 Å². The van der Waals surface area contributed by atoms with Crippen molar-refractivity contribution in [1.29, 1.82) is 0 Å². The van der Waals surface area contributed by atoms with Crippen molar-refractivity contribution in [2.45, 2.75) is 18.9 Å². The van der Waals surface area contributed by atoms with Gasteiger partial charge in [-0.1, -0.05) is 30.3 Å². The molecular weight excluding hydrogens is 340 g/mol. The van der Waals surface area contributed by atoms with Crippen molar-refractivity contribution in [3.8, 4) is 11.5 Å². The molecule has 0 unspecified atom stereocenters. The van der Waals surface area contributed by atoms with Gasteiger partial charge >= 0.3 is 0 Å². The fraction of sp³-hybridized carbons (Fsp3) is 0.455. The molecule has 0 spiro atoms. The number of hydrogen-bond donors (Lipinski definition) is 2. The van der Waals surface area contributed by atoms with Crippen molar-refractivity contribution in [3.05, 3.63) is 59.7 Å². The minimum atomic E-state index is -0.474. The predicted molar refractivity (Wildman–Crippen MR) is 108 cm³/mol. The summed E-state index contributed by atoms with van der Waals surface area (Å²) in [5, 5.41) is 13.6. The van der Waals surface area contributed by atoms with Crippen molar-refractivity contribution < 1.29 is 14.6 Å². The number of aliphatic hydroxyl groups is 1. The van der Waals surface area contributed by atoms with Crippen LogP contribution >= 0.6 is 0 Å². The Bertz CT molecular complexity index is 684. The summed E-state index contributed by atoms with van der Waals surface area (Å²) in [5.41, 5.74) is 2.44. The first-order valence-corrected chi connectivity index (χ1v) is 9.69. The van der Waals surface area contributed by atoms with E-state index in [0.717, 1.165) is 50.5 Å². The van der Waals surface area contributed by atoms with Crippen LogP contribution in [0.15, 0.2) is 48.5 Å². The molecule has 5 nitrogen and oxygen atoms in total. The van der Waals surface area contributed by atoms with Crippen molar-refractivity contribution >= 4 is 0 Å². The van der Waals surface area contributed by atoms with E-state index in [2.05, 4.69) is 28.4 Å². The molecule has 27 heavy (non-hydrogen) atoms. The van der Waals surface area contributed by atoms with Gasteiger partial charge in [0.25, 0.3) is 0 Å². The van der Waals surface area contributed by atoms with Crippen LogP contribution in [0, 0.1) is 0 Å². The molecule has 2 N–H and O–H groups in total. The van der Waals surface area contributed by atoms with Crippen molar-refractivity contribution in [2.75, 3.05) is 46.4 Å². The number of β-amino-alcohol motifs (C(OH)–C–C–N with tert-alkyl or cyclic N) is 1. The number of methoxy groups -OCH3 is 1. The number of nitrogens with zero attached hydrogens (tertiary/aromatic N) is 1. The summed E-state index contributed by atoms with van der Waals surface area (Å²) in [4.78, 5) is 2.28. The van der Waals surface area contributed by atoms with Crippen LogP contribution < -0.4 is 14.8 Å². The average Bonchev–Trinajstić information content (AvgIpc) is 2.72. The van der Waals surface area contributed by atoms with Gasteiger partial charge in [-0.3, -0.25) is 4.90 Å². The number of ether oxygens (including phenoxy) is 2. The molecule has 1 atom stereocenters. The zero-order chi connectivity index (χ0) is 18.9. The number of hydrogen-bond acceptors (Lipinski definition) is 5. The summed E-state index contributed by atoms with van der Waals surface area (Å²) in [6.07, 6.45) is 1.36. The highest BCUT2D eigenvalue weighted by molar-refractivity contribution is 5.35. The molecule has 0 aromatic heterocycles. The van der Waals surface area contributed by atoms with Gasteiger partial charge in [0.15, 0.2) is 0 Å². The summed E-state index contributed by atoms with van der Waals surface area (Å²) in [5.74, 6) is 1.74. The van der Waals surface area contributed by atoms with E-state index < -0.39 is 6.10 Å². The molecule has 1 aliphatic rings. The van der Waals surface area contributed by atoms with Gasteiger partial charge in [-0.25, -0.2) is 0 Å². The maximum Gasteiger partial charge on any atom is 0.122 e. The molecule has 1 heterocycles. The molecule has 3 rings (SSSR count). The lowest BCUT2D eigenvalue weighted by Gasteiger charge is -2.29. The summed E-state index contributed by atoms with van der Waals surface area (Å²) in [7, 11) is 1.68. The van der Waals surface area contributed by atoms with Gasteiger partial charge in [-0.2, -0.15) is 0 Å². The van der Waals surface area contributed by atoms with Gasteiger partial charge in [0.1, 0.15) is 24.2 Å². The maximum atomic E-state index is 10.3. The van der Waals surface area contributed by atoms with Gasteiger partial charge in [0.05, 0.1) is 7.11 Å². The molecule has 0 aliphatic carbocycles. The number of aliphatic hydroxyl groups excluding tert-OH is 1. The lowest BCUT2D eigenvalue weighted by Crippen LogP contribution is -2.47. The summed E-state index contributed by atoms with van der Waals surface area (Å²) >= 11 is 0. The molecule has 2 aromatic rings. The minimum absolute atomic E-state index is 0.323. The zero-order valence-corrected chi connectivity index (χ0v) is 16.1. The Morgan fingerprint density at radius 2 is 1.78 bits per heavy atom. The average molecular weight is 370 g/mol. The molecule has 0 saturated carbocycles. The van der Waals surface area contributed by atoms with Crippen LogP contribution in [0.4, 0.5) is 0 Å². The Morgan fingerprint density at radius 3 is 2.52 bits per heavy atom. The van der Waals surface area contributed by atoms with Crippen LogP contribution in [0.3, 0.4) is 0 Å². The lowest BCUT2D eigenvalue weighted by atomic mass is 10.0. The van der Waals surface area contributed by atoms with E-state index in [4.69, 9.17) is 9.47 Å². The third-order valence-electron chi connectivity index (χ3n) is 4.92. The van der Waals surface area contributed by atoms with Crippen LogP contribution in [-0.2, 0) is 12.8 Å². The van der Waals surface area contributed by atoms with Gasteiger partial charge in [0.2, 0.25) is 0 Å². The summed E-state index contributed by atoms with van der Waals surface area (Å²) in [6, 6.07) is 16.3. The van der Waals surface area contributed by atoms with Gasteiger partial charge in [-0.05, 0) is 42.2 Å². The van der Waals surface area contributed by atoms with Crippen LogP contribution in [0.5, 0.6) is 11.5 Å². The number of para-hydroxylation sites is 1. The molecule has 1 fully saturated rings. The Morgan fingerprint density at radius 1 is 1.04 bits per heavy atom. The molecule has 1 saturated heterocycles. The predicted octanol–water partition coefficient (Wildman–Crippen LogP) is 2.13. The van der Waals surface area contributed by atoms with Crippen molar-refractivity contribution in [1.82, 2.24) is 10.2 Å². The Balaban J connectivity index is 1.50. The molecular formula is C22H30N2O3. The van der Waals surface area contributed by atoms with Crippen LogP contribution in [0.1, 0.15) is 11.1 Å². The minimum Gasteiger partial charge on any atom is -0.497 e. The fourth-order valence-corrected chi connectivity index (χ4v) is 3.35.